The second kappa shape index (κ2) is 1.34. The van der Waals surface area contributed by atoms with E-state index >= 15 is 0 Å². The van der Waals surface area contributed by atoms with Crippen LogP contribution in [0.3, 0.4) is 0 Å². The predicted octanol–water partition coefficient (Wildman–Crippen LogP) is 1.38. The molecule has 0 bridgehead atoms. The molecule has 0 aromatic rings. The molecule has 0 aliphatic heterocycles. The number of rotatable bonds is 1. The Balaban J connectivity index is 2.05. The molecule has 0 N–H and O–H groups in total. The first-order valence-corrected chi connectivity index (χ1v) is 2.33. The summed E-state index contributed by atoms with van der Waals surface area (Å²) in [4.78, 5) is 0. The second-order valence-electron chi connectivity index (χ2n) is 1.82. The minimum absolute atomic E-state index is 0.850. The van der Waals surface area contributed by atoms with Gasteiger partial charge in [-0.1, -0.05) is 5.92 Å². The molecular formula is C6H7. The molecule has 1 saturated carbocycles. The van der Waals surface area contributed by atoms with Crippen LogP contribution in [0.25, 0.3) is 0 Å². The summed E-state index contributed by atoms with van der Waals surface area (Å²) in [6, 6.07) is 0. The minimum Gasteiger partial charge on any atom is -0.0888 e. The molecule has 0 atom stereocenters. The molecule has 0 unspecified atom stereocenters. The molecule has 1 fully saturated rings. The summed E-state index contributed by atoms with van der Waals surface area (Å²) in [6.45, 7) is 0. The predicted molar refractivity (Wildman–Crippen MR) is 24.5 cm³/mol. The highest BCUT2D eigenvalue weighted by Gasteiger charge is 2.18. The van der Waals surface area contributed by atoms with Gasteiger partial charge in [-0.25, -0.2) is 0 Å². The van der Waals surface area contributed by atoms with Crippen LogP contribution >= 0.6 is 0 Å². The van der Waals surface area contributed by atoms with Gasteiger partial charge in [0.05, 0.1) is 0 Å². The van der Waals surface area contributed by atoms with E-state index in [-0.39, 0.29) is 0 Å². The first-order valence-electron chi connectivity index (χ1n) is 2.33. The van der Waals surface area contributed by atoms with Crippen LogP contribution in [-0.4, -0.2) is 0 Å². The third kappa shape index (κ3) is 0.755. The van der Waals surface area contributed by atoms with Gasteiger partial charge in [-0.3, -0.25) is 0 Å². The molecule has 1 rings (SSSR count). The molecule has 0 amide bonds. The van der Waals surface area contributed by atoms with Gasteiger partial charge in [0, 0.05) is 6.42 Å². The quantitative estimate of drug-likeness (QED) is 0.416. The Bertz CT molecular complexity index is 72.5. The lowest BCUT2D eigenvalue weighted by Crippen LogP contribution is -1.64. The zero-order valence-corrected chi connectivity index (χ0v) is 3.70. The molecule has 1 aliphatic rings. The van der Waals surface area contributed by atoms with Crippen molar-refractivity contribution in [3.05, 3.63) is 6.42 Å². The molecule has 1 aliphatic carbocycles. The fourth-order valence-corrected chi connectivity index (χ4v) is 0.466. The number of hydrogen-bond donors (Lipinski definition) is 0. The van der Waals surface area contributed by atoms with Gasteiger partial charge in [-0.05, 0) is 25.2 Å². The largest absolute Gasteiger partial charge is 0.0888 e. The summed E-state index contributed by atoms with van der Waals surface area (Å²) in [5.74, 6) is 3.23. The van der Waals surface area contributed by atoms with Gasteiger partial charge in [0.25, 0.3) is 0 Å². The van der Waals surface area contributed by atoms with E-state index in [9.17, 15) is 0 Å². The summed E-state index contributed by atoms with van der Waals surface area (Å²) in [5.41, 5.74) is 0. The maximum atomic E-state index is 6.52. The summed E-state index contributed by atoms with van der Waals surface area (Å²) in [7, 11) is 0. The molecule has 0 aromatic carbocycles. The third-order valence-electron chi connectivity index (χ3n) is 1.09. The summed E-state index contributed by atoms with van der Waals surface area (Å²) in [6.07, 6.45) is 10.1. The Morgan fingerprint density at radius 1 is 1.67 bits per heavy atom. The van der Waals surface area contributed by atoms with Crippen LogP contribution in [0.2, 0.25) is 0 Å². The van der Waals surface area contributed by atoms with Crippen LogP contribution in [0.1, 0.15) is 19.3 Å². The molecule has 1 radical (unpaired) electrons. The maximum Gasteiger partial charge on any atom is 0.0127 e. The van der Waals surface area contributed by atoms with Gasteiger partial charge in [0.2, 0.25) is 0 Å². The smallest absolute Gasteiger partial charge is 0.0127 e. The van der Waals surface area contributed by atoms with E-state index < -0.39 is 0 Å². The van der Waals surface area contributed by atoms with E-state index in [1.54, 1.807) is 0 Å². The normalized spacial score (nSPS) is 19.8. The van der Waals surface area contributed by atoms with E-state index in [0.29, 0.717) is 0 Å². The monoisotopic (exact) mass is 79.1 g/mol. The first kappa shape index (κ1) is 3.74. The van der Waals surface area contributed by atoms with Crippen LogP contribution in [0, 0.1) is 18.3 Å². The van der Waals surface area contributed by atoms with Gasteiger partial charge >= 0.3 is 0 Å². The maximum absolute atomic E-state index is 6.52. The second-order valence-corrected chi connectivity index (χ2v) is 1.82. The average Bonchev–Trinajstić information content (AvgIpc) is 2.21. The molecule has 6 heavy (non-hydrogen) atoms. The minimum atomic E-state index is 0.850. The average molecular weight is 79.1 g/mol. The Labute approximate surface area is 38.6 Å². The Hall–Kier alpha value is -0.440. The van der Waals surface area contributed by atoms with Crippen molar-refractivity contribution in [3.63, 3.8) is 0 Å². The van der Waals surface area contributed by atoms with E-state index in [1.165, 1.54) is 12.8 Å². The van der Waals surface area contributed by atoms with Gasteiger partial charge < -0.3 is 0 Å². The van der Waals surface area contributed by atoms with Crippen LogP contribution in [0.4, 0.5) is 0 Å². The highest BCUT2D eigenvalue weighted by Crippen LogP contribution is 2.31. The van der Waals surface area contributed by atoms with E-state index in [2.05, 4.69) is 5.92 Å². The van der Waals surface area contributed by atoms with Crippen LogP contribution in [0.15, 0.2) is 0 Å². The first-order chi connectivity index (χ1) is 2.93. The molecule has 0 aromatic heterocycles. The van der Waals surface area contributed by atoms with Gasteiger partial charge in [0.1, 0.15) is 0 Å². The third-order valence-corrected chi connectivity index (χ3v) is 1.09. The zero-order chi connectivity index (χ0) is 4.41. The topological polar surface area (TPSA) is 0 Å². The molecule has 0 nitrogen and oxygen atoms in total. The standard InChI is InChI=1S/C6H7/c1-2-3-6-4-5-6/h6H,3-5H2. The molecule has 0 heterocycles. The van der Waals surface area contributed by atoms with Crippen LogP contribution < -0.4 is 0 Å². The summed E-state index contributed by atoms with van der Waals surface area (Å²) in [5, 5.41) is 0. The van der Waals surface area contributed by atoms with E-state index in [0.717, 1.165) is 12.3 Å². The SMILES string of the molecule is [C]#CCC1CC1. The molecular weight excluding hydrogens is 72.1 g/mol. The summed E-state index contributed by atoms with van der Waals surface area (Å²) < 4.78 is 0. The van der Waals surface area contributed by atoms with Crippen molar-refractivity contribution in [1.29, 1.82) is 0 Å². The zero-order valence-electron chi connectivity index (χ0n) is 3.70. The van der Waals surface area contributed by atoms with E-state index in [1.807, 2.05) is 0 Å². The lowest BCUT2D eigenvalue weighted by molar-refractivity contribution is 0.884. The van der Waals surface area contributed by atoms with Gasteiger partial charge in [-0.2, -0.15) is 0 Å². The van der Waals surface area contributed by atoms with Crippen LogP contribution in [0.5, 0.6) is 0 Å². The summed E-state index contributed by atoms with van der Waals surface area (Å²) >= 11 is 0. The van der Waals surface area contributed by atoms with Crippen molar-refractivity contribution in [3.8, 4) is 5.92 Å². The Kier molecular flexibility index (Phi) is 0.837. The highest BCUT2D eigenvalue weighted by molar-refractivity contribution is 4.86. The van der Waals surface area contributed by atoms with Gasteiger partial charge in [0.15, 0.2) is 0 Å². The molecule has 0 heteroatoms. The Morgan fingerprint density at radius 3 is 2.50 bits per heavy atom. The van der Waals surface area contributed by atoms with Crippen molar-refractivity contribution in [2.75, 3.05) is 0 Å². The van der Waals surface area contributed by atoms with Crippen LogP contribution in [-0.2, 0) is 0 Å². The van der Waals surface area contributed by atoms with Crippen molar-refractivity contribution < 1.29 is 0 Å². The van der Waals surface area contributed by atoms with Crippen molar-refractivity contribution in [2.24, 2.45) is 5.92 Å². The lowest BCUT2D eigenvalue weighted by atomic mass is 10.3. The lowest BCUT2D eigenvalue weighted by Gasteiger charge is -1.73. The number of hydrogen-bond acceptors (Lipinski definition) is 0. The van der Waals surface area contributed by atoms with Crippen molar-refractivity contribution >= 4 is 0 Å². The van der Waals surface area contributed by atoms with E-state index in [4.69, 9.17) is 6.42 Å². The molecule has 0 spiro atoms. The van der Waals surface area contributed by atoms with Crippen molar-refractivity contribution in [2.45, 2.75) is 19.3 Å². The highest BCUT2D eigenvalue weighted by atomic mass is 14.2. The fraction of sp³-hybridized carbons (Fsp3) is 0.667. The van der Waals surface area contributed by atoms with Gasteiger partial charge in [-0.15, -0.1) is 0 Å². The van der Waals surface area contributed by atoms with Crippen molar-refractivity contribution in [1.82, 2.24) is 0 Å². The molecule has 0 saturated heterocycles. The molecule has 31 valence electrons. The Morgan fingerprint density at radius 2 is 2.33 bits per heavy atom. The fourth-order valence-electron chi connectivity index (χ4n) is 0.466.